The molecule has 1 aliphatic rings. The first kappa shape index (κ1) is 14.0. The summed E-state index contributed by atoms with van der Waals surface area (Å²) in [5.41, 5.74) is 1.17. The predicted molar refractivity (Wildman–Crippen MR) is 86.3 cm³/mol. The summed E-state index contributed by atoms with van der Waals surface area (Å²) >= 11 is 6.75. The van der Waals surface area contributed by atoms with Crippen molar-refractivity contribution in [3.8, 4) is 0 Å². The van der Waals surface area contributed by atoms with E-state index in [0.29, 0.717) is 15.7 Å². The number of amides is 1. The largest absolute Gasteiger partial charge is 0.326 e. The lowest BCUT2D eigenvalue weighted by molar-refractivity contribution is -0.117. The van der Waals surface area contributed by atoms with E-state index in [9.17, 15) is 9.18 Å². The van der Waals surface area contributed by atoms with Gasteiger partial charge in [-0.3, -0.25) is 4.79 Å². The Labute approximate surface area is 135 Å². The minimum Gasteiger partial charge on any atom is -0.326 e. The van der Waals surface area contributed by atoms with Crippen molar-refractivity contribution in [2.75, 3.05) is 5.32 Å². The zero-order valence-electron chi connectivity index (χ0n) is 8.64. The molecule has 1 amide bonds. The molecule has 1 aromatic rings. The van der Waals surface area contributed by atoms with E-state index in [-0.39, 0.29) is 11.8 Å². The molecule has 92 valence electrons. The smallest absolute Gasteiger partial charge is 0.236 e. The topological polar surface area (TPSA) is 29.1 Å². The number of anilines is 1. The molecule has 17 heavy (non-hydrogen) atoms. The van der Waals surface area contributed by atoms with Gasteiger partial charge in [-0.25, -0.2) is 4.39 Å². The second kappa shape index (κ2) is 5.28. The van der Waals surface area contributed by atoms with Gasteiger partial charge in [-0.05, 0) is 76.2 Å². The molecule has 0 radical (unpaired) electrons. The Morgan fingerprint density at radius 2 is 2.12 bits per heavy atom. The molecule has 0 unspecified atom stereocenters. The third-order valence-corrected chi connectivity index (χ3v) is 4.34. The van der Waals surface area contributed by atoms with Gasteiger partial charge in [-0.2, -0.15) is 0 Å². The molecule has 2 nitrogen and oxygen atoms in total. The quantitative estimate of drug-likeness (QED) is 0.450. The van der Waals surface area contributed by atoms with E-state index in [1.54, 1.807) is 63.4 Å². The third kappa shape index (κ3) is 3.76. The Hall–Kier alpha value is 0.560. The van der Waals surface area contributed by atoms with Crippen LogP contribution in [0.3, 0.4) is 0 Å². The number of carbonyl (C=O) groups excluding carboxylic acids is 1. The Morgan fingerprint density at radius 1 is 1.47 bits per heavy atom. The SMILES string of the molecule is O=C(Nc1ccc(Br)c(C(F)(I)I)c1)C1CC1. The molecule has 1 saturated carbocycles. The third-order valence-electron chi connectivity index (χ3n) is 2.49. The maximum Gasteiger partial charge on any atom is 0.236 e. The summed E-state index contributed by atoms with van der Waals surface area (Å²) in [6.45, 7) is 0. The van der Waals surface area contributed by atoms with Crippen LogP contribution in [0.5, 0.6) is 0 Å². The van der Waals surface area contributed by atoms with Crippen molar-refractivity contribution in [1.82, 2.24) is 0 Å². The Morgan fingerprint density at radius 3 is 2.65 bits per heavy atom. The summed E-state index contributed by atoms with van der Waals surface area (Å²) in [4.78, 5) is 11.6. The van der Waals surface area contributed by atoms with Crippen LogP contribution >= 0.6 is 61.1 Å². The van der Waals surface area contributed by atoms with E-state index in [4.69, 9.17) is 0 Å². The minimum absolute atomic E-state index is 0.0321. The molecule has 6 heteroatoms. The maximum atomic E-state index is 13.9. The Bertz CT molecular complexity index is 457. The highest BCUT2D eigenvalue weighted by Crippen LogP contribution is 2.45. The summed E-state index contributed by atoms with van der Waals surface area (Å²) in [5.74, 6) is 0.182. The van der Waals surface area contributed by atoms with Gasteiger partial charge in [0.1, 0.15) is 0 Å². The maximum absolute atomic E-state index is 13.9. The number of carbonyl (C=O) groups is 1. The van der Waals surface area contributed by atoms with Crippen LogP contribution in [0.15, 0.2) is 22.7 Å². The van der Waals surface area contributed by atoms with Gasteiger partial charge in [-0.1, -0.05) is 15.9 Å². The van der Waals surface area contributed by atoms with Crippen LogP contribution in [0.1, 0.15) is 18.4 Å². The van der Waals surface area contributed by atoms with Gasteiger partial charge < -0.3 is 5.32 Å². The van der Waals surface area contributed by atoms with E-state index in [0.717, 1.165) is 12.8 Å². The van der Waals surface area contributed by atoms with E-state index in [2.05, 4.69) is 21.2 Å². The number of hydrogen-bond acceptors (Lipinski definition) is 1. The van der Waals surface area contributed by atoms with E-state index in [1.807, 2.05) is 0 Å². The van der Waals surface area contributed by atoms with Crippen molar-refractivity contribution in [1.29, 1.82) is 0 Å². The number of alkyl halides is 3. The van der Waals surface area contributed by atoms with Crippen molar-refractivity contribution in [3.05, 3.63) is 28.2 Å². The van der Waals surface area contributed by atoms with Crippen molar-refractivity contribution in [2.45, 2.75) is 14.5 Å². The standard InChI is InChI=1S/C11H9BrFI2NO/c12-9-4-3-7(5-8(9)11(13,14)15)16-10(17)6-1-2-6/h3-6H,1-2H2,(H,16,17). The fourth-order valence-electron chi connectivity index (χ4n) is 1.41. The van der Waals surface area contributed by atoms with Crippen molar-refractivity contribution in [2.24, 2.45) is 5.92 Å². The monoisotopic (exact) mass is 523 g/mol. The Kier molecular flexibility index (Phi) is 4.34. The molecule has 0 heterocycles. The summed E-state index contributed by atoms with van der Waals surface area (Å²) in [7, 11) is 0. The van der Waals surface area contributed by atoms with Gasteiger partial charge in [0.05, 0.1) is 0 Å². The molecule has 0 spiro atoms. The lowest BCUT2D eigenvalue weighted by Crippen LogP contribution is -2.14. The summed E-state index contributed by atoms with van der Waals surface area (Å²) < 4.78 is 13.1. The molecule has 0 saturated heterocycles. The first-order valence-electron chi connectivity index (χ1n) is 5.05. The normalized spacial score (nSPS) is 15.8. The molecule has 0 aromatic heterocycles. The number of halogens is 4. The molecule has 0 aliphatic heterocycles. The molecule has 2 rings (SSSR count). The second-order valence-electron chi connectivity index (χ2n) is 3.96. The molecule has 0 atom stereocenters. The highest BCUT2D eigenvalue weighted by atomic mass is 127. The average Bonchev–Trinajstić information content (AvgIpc) is 3.02. The van der Waals surface area contributed by atoms with Crippen LogP contribution < -0.4 is 5.32 Å². The van der Waals surface area contributed by atoms with Crippen LogP contribution in [-0.4, -0.2) is 5.91 Å². The lowest BCUT2D eigenvalue weighted by atomic mass is 10.2. The second-order valence-corrected chi connectivity index (χ2v) is 9.85. The van der Waals surface area contributed by atoms with E-state index in [1.165, 1.54) is 0 Å². The highest BCUT2D eigenvalue weighted by Gasteiger charge is 2.30. The van der Waals surface area contributed by atoms with Gasteiger partial charge in [0.2, 0.25) is 7.59 Å². The van der Waals surface area contributed by atoms with Crippen LogP contribution in [0.2, 0.25) is 0 Å². The van der Waals surface area contributed by atoms with Crippen molar-refractivity contribution in [3.63, 3.8) is 0 Å². The number of nitrogens with one attached hydrogen (secondary N) is 1. The van der Waals surface area contributed by atoms with Gasteiger partial charge in [0.25, 0.3) is 0 Å². The van der Waals surface area contributed by atoms with Crippen LogP contribution in [0.4, 0.5) is 10.1 Å². The summed E-state index contributed by atoms with van der Waals surface area (Å²) in [6, 6.07) is 5.19. The number of rotatable bonds is 3. The van der Waals surface area contributed by atoms with Crippen molar-refractivity contribution >= 4 is 72.7 Å². The number of hydrogen-bond donors (Lipinski definition) is 1. The molecular formula is C11H9BrFI2NO. The fraction of sp³-hybridized carbons (Fsp3) is 0.364. The first-order valence-corrected chi connectivity index (χ1v) is 8.00. The molecule has 1 aliphatic carbocycles. The highest BCUT2D eigenvalue weighted by molar-refractivity contribution is 14.2. The summed E-state index contributed by atoms with van der Waals surface area (Å²) in [5, 5.41) is 2.81. The molecule has 1 fully saturated rings. The average molecular weight is 524 g/mol. The zero-order valence-corrected chi connectivity index (χ0v) is 14.5. The Balaban J connectivity index is 2.21. The van der Waals surface area contributed by atoms with Gasteiger partial charge >= 0.3 is 0 Å². The number of benzene rings is 1. The zero-order chi connectivity index (χ0) is 12.6. The van der Waals surface area contributed by atoms with Crippen molar-refractivity contribution < 1.29 is 9.18 Å². The lowest BCUT2D eigenvalue weighted by Gasteiger charge is -2.15. The molecule has 1 N–H and O–H groups in total. The van der Waals surface area contributed by atoms with Gasteiger partial charge in [-0.15, -0.1) is 0 Å². The van der Waals surface area contributed by atoms with E-state index >= 15 is 0 Å². The molecular weight excluding hydrogens is 515 g/mol. The fourth-order valence-corrected chi connectivity index (χ4v) is 3.56. The first-order chi connectivity index (χ1) is 7.88. The molecule has 0 bridgehead atoms. The van der Waals surface area contributed by atoms with Crippen LogP contribution in [0.25, 0.3) is 0 Å². The predicted octanol–water partition coefficient (Wildman–Crippen LogP) is 4.75. The summed E-state index contributed by atoms with van der Waals surface area (Å²) in [6.07, 6.45) is 1.92. The van der Waals surface area contributed by atoms with Gasteiger partial charge in [0.15, 0.2) is 0 Å². The van der Waals surface area contributed by atoms with Gasteiger partial charge in [0, 0.05) is 21.6 Å². The minimum atomic E-state index is -1.49. The van der Waals surface area contributed by atoms with Crippen LogP contribution in [-0.2, 0) is 6.48 Å². The van der Waals surface area contributed by atoms with E-state index < -0.39 is 1.68 Å². The molecule has 1 aromatic carbocycles. The van der Waals surface area contributed by atoms with Crippen LogP contribution in [0, 0.1) is 5.92 Å².